The van der Waals surface area contributed by atoms with E-state index < -0.39 is 5.97 Å². The van der Waals surface area contributed by atoms with E-state index in [1.165, 1.54) is 0 Å². The second kappa shape index (κ2) is 16.2. The Balaban J connectivity index is 2.04. The number of aliphatic hydroxyl groups is 1. The Morgan fingerprint density at radius 2 is 1.80 bits per heavy atom. The maximum Gasteiger partial charge on any atom is 0.339 e. The number of esters is 1. The predicted octanol–water partition coefficient (Wildman–Crippen LogP) is 5.88. The molecule has 0 saturated carbocycles. The molecule has 0 radical (unpaired) electrons. The number of nitrogens with two attached hydrogens (primary N) is 1. The summed E-state index contributed by atoms with van der Waals surface area (Å²) in [6.45, 7) is 13.3. The Labute approximate surface area is 235 Å². The molecule has 8 heteroatoms. The lowest BCUT2D eigenvalue weighted by Gasteiger charge is -2.12. The Morgan fingerprint density at radius 1 is 1.07 bits per heavy atom. The average Bonchev–Trinajstić information content (AvgIpc) is 2.94. The molecule has 0 fully saturated rings. The highest BCUT2D eigenvalue weighted by molar-refractivity contribution is 6.00. The van der Waals surface area contributed by atoms with Gasteiger partial charge in [0.25, 0.3) is 0 Å². The molecule has 2 amide bonds. The summed E-state index contributed by atoms with van der Waals surface area (Å²) < 4.78 is 10.9. The van der Waals surface area contributed by atoms with E-state index in [9.17, 15) is 9.59 Å². The van der Waals surface area contributed by atoms with Gasteiger partial charge in [-0.25, -0.2) is 9.59 Å². The monoisotopic (exact) mass is 543 g/mol. The normalized spacial score (nSPS) is 12.2. The van der Waals surface area contributed by atoms with Crippen LogP contribution in [0.5, 0.6) is 5.75 Å². The van der Waals surface area contributed by atoms with Gasteiger partial charge < -0.3 is 30.9 Å². The summed E-state index contributed by atoms with van der Waals surface area (Å²) in [5.41, 5.74) is 11.3. The van der Waals surface area contributed by atoms with Crippen LogP contribution in [0.2, 0.25) is 0 Å². The minimum Gasteiger partial charge on any atom is -0.489 e. The quantitative estimate of drug-likeness (QED) is 0.142. The highest BCUT2D eigenvalue weighted by Gasteiger charge is 2.10. The summed E-state index contributed by atoms with van der Waals surface area (Å²) in [4.78, 5) is 24.5. The molecule has 0 spiro atoms. The Morgan fingerprint density at radius 3 is 2.45 bits per heavy atom. The molecule has 0 aliphatic heterocycles. The van der Waals surface area contributed by atoms with Gasteiger partial charge in [-0.15, -0.1) is 0 Å². The smallest absolute Gasteiger partial charge is 0.339 e. The Hall–Kier alpha value is -4.82. The van der Waals surface area contributed by atoms with E-state index >= 15 is 0 Å². The van der Waals surface area contributed by atoms with E-state index in [1.807, 2.05) is 44.2 Å². The number of aryl methyl sites for hydroxylation is 2. The minimum absolute atomic E-state index is 0.116. The second-order valence-corrected chi connectivity index (χ2v) is 8.86. The molecule has 0 atom stereocenters. The first-order valence-corrected chi connectivity index (χ1v) is 12.6. The zero-order chi connectivity index (χ0) is 29.5. The van der Waals surface area contributed by atoms with Crippen LogP contribution in [-0.4, -0.2) is 36.9 Å². The van der Waals surface area contributed by atoms with Gasteiger partial charge in [0, 0.05) is 17.6 Å². The number of benzene rings is 2. The van der Waals surface area contributed by atoms with E-state index in [4.69, 9.17) is 20.3 Å². The maximum absolute atomic E-state index is 12.4. The number of amides is 2. The number of urea groups is 1. The van der Waals surface area contributed by atoms with E-state index in [1.54, 1.807) is 49.4 Å². The summed E-state index contributed by atoms with van der Waals surface area (Å²) in [6.07, 6.45) is 9.81. The number of carbonyl (C=O) groups excluding carboxylic acids is 2. The molecular weight excluding hydrogens is 506 g/mol. The molecule has 2 rings (SSSR count). The molecule has 0 bridgehead atoms. The van der Waals surface area contributed by atoms with Gasteiger partial charge in [-0.1, -0.05) is 43.5 Å². The van der Waals surface area contributed by atoms with Crippen LogP contribution in [0.3, 0.4) is 0 Å². The molecule has 8 nitrogen and oxygen atoms in total. The van der Waals surface area contributed by atoms with Crippen LogP contribution >= 0.6 is 0 Å². The predicted molar refractivity (Wildman–Crippen MR) is 161 cm³/mol. The van der Waals surface area contributed by atoms with Crippen molar-refractivity contribution in [3.8, 4) is 5.75 Å². The molecule has 2 aromatic carbocycles. The lowest BCUT2D eigenvalue weighted by atomic mass is 10.0. The van der Waals surface area contributed by atoms with Crippen molar-refractivity contribution in [3.63, 3.8) is 0 Å². The highest BCUT2D eigenvalue weighted by Crippen LogP contribution is 2.20. The van der Waals surface area contributed by atoms with Gasteiger partial charge in [0.1, 0.15) is 19.0 Å². The summed E-state index contributed by atoms with van der Waals surface area (Å²) in [5.74, 6) is -0.0280. The molecule has 0 aliphatic carbocycles. The maximum atomic E-state index is 12.4. The van der Waals surface area contributed by atoms with Crippen LogP contribution in [-0.2, 0) is 9.53 Å². The van der Waals surface area contributed by atoms with Crippen molar-refractivity contribution in [3.05, 3.63) is 126 Å². The van der Waals surface area contributed by atoms with E-state index in [2.05, 4.69) is 23.8 Å². The van der Waals surface area contributed by atoms with Crippen LogP contribution in [0.4, 0.5) is 16.2 Å². The lowest BCUT2D eigenvalue weighted by molar-refractivity contribution is -0.139. The minimum atomic E-state index is -0.636. The first kappa shape index (κ1) is 31.4. The third-order valence-electron chi connectivity index (χ3n) is 5.58. The number of allylic oxidation sites excluding steroid dienone is 5. The lowest BCUT2D eigenvalue weighted by Crippen LogP contribution is -2.20. The zero-order valence-corrected chi connectivity index (χ0v) is 23.2. The van der Waals surface area contributed by atoms with Gasteiger partial charge in [-0.2, -0.15) is 0 Å². The van der Waals surface area contributed by atoms with Crippen LogP contribution in [0, 0.1) is 13.8 Å². The fraction of sp³-hybridized carbons (Fsp3) is 0.188. The van der Waals surface area contributed by atoms with Crippen molar-refractivity contribution in [1.29, 1.82) is 0 Å². The number of hydrogen-bond donors (Lipinski definition) is 4. The second-order valence-electron chi connectivity index (χ2n) is 8.86. The molecule has 2 aromatic rings. The number of aliphatic hydroxyl groups excluding tert-OH is 1. The molecule has 40 heavy (non-hydrogen) atoms. The number of nitrogens with one attached hydrogen (secondary N) is 2. The summed E-state index contributed by atoms with van der Waals surface area (Å²) in [7, 11) is 0. The fourth-order valence-corrected chi connectivity index (χ4v) is 3.35. The SMILES string of the molecule is C=C/C=C\C(=C/C(=C)/C(C)=C/C(=C\N)C(=O)OCCO)COc1ccc(NC(=O)Nc2cc(C)ccc2C)cc1. The Kier molecular flexibility index (Phi) is 12.7. The molecule has 0 unspecified atom stereocenters. The standard InChI is InChI=1S/C32H37N3O5/c1-6-7-8-26(18-24(4)25(5)19-27(20-33)31(37)39-16-15-36)21-40-29-13-11-28(12-14-29)34-32(38)35-30-17-22(2)9-10-23(30)3/h6-14,17-20,36H,1,4,15-16,21,33H2,2-3,5H3,(H2,34,35,38)/b8-7-,25-19+,26-18+,27-20+. The van der Waals surface area contributed by atoms with Crippen molar-refractivity contribution >= 4 is 23.4 Å². The first-order valence-electron chi connectivity index (χ1n) is 12.6. The number of carbonyl (C=O) groups is 2. The van der Waals surface area contributed by atoms with Gasteiger partial charge >= 0.3 is 12.0 Å². The van der Waals surface area contributed by atoms with Crippen molar-refractivity contribution in [1.82, 2.24) is 0 Å². The fourth-order valence-electron chi connectivity index (χ4n) is 3.35. The van der Waals surface area contributed by atoms with Crippen molar-refractivity contribution in [2.75, 3.05) is 30.5 Å². The third kappa shape index (κ3) is 10.5. The number of anilines is 2. The number of ether oxygens (including phenoxy) is 2. The van der Waals surface area contributed by atoms with Crippen molar-refractivity contribution < 1.29 is 24.2 Å². The molecule has 210 valence electrons. The van der Waals surface area contributed by atoms with Gasteiger partial charge in [-0.05, 0) is 91.1 Å². The van der Waals surface area contributed by atoms with Crippen LogP contribution in [0.25, 0.3) is 0 Å². The average molecular weight is 544 g/mol. The number of rotatable bonds is 13. The topological polar surface area (TPSA) is 123 Å². The molecule has 0 aromatic heterocycles. The van der Waals surface area contributed by atoms with Gasteiger partial charge in [0.05, 0.1) is 12.2 Å². The summed E-state index contributed by atoms with van der Waals surface area (Å²) in [5, 5.41) is 14.5. The van der Waals surface area contributed by atoms with E-state index in [0.29, 0.717) is 22.6 Å². The van der Waals surface area contributed by atoms with E-state index in [0.717, 1.165) is 28.6 Å². The largest absolute Gasteiger partial charge is 0.489 e. The van der Waals surface area contributed by atoms with Gasteiger partial charge in [0.2, 0.25) is 0 Å². The molecule has 5 N–H and O–H groups in total. The third-order valence-corrected chi connectivity index (χ3v) is 5.58. The highest BCUT2D eigenvalue weighted by atomic mass is 16.5. The zero-order valence-electron chi connectivity index (χ0n) is 23.2. The summed E-state index contributed by atoms with van der Waals surface area (Å²) >= 11 is 0. The first-order chi connectivity index (χ1) is 19.2. The van der Waals surface area contributed by atoms with Crippen LogP contribution in [0.15, 0.2) is 114 Å². The van der Waals surface area contributed by atoms with Gasteiger partial charge in [0.15, 0.2) is 0 Å². The van der Waals surface area contributed by atoms with Gasteiger partial charge in [-0.3, -0.25) is 0 Å². The van der Waals surface area contributed by atoms with Crippen LogP contribution in [0.1, 0.15) is 18.1 Å². The molecular formula is C32H37N3O5. The Bertz CT molecular complexity index is 1330. The van der Waals surface area contributed by atoms with Crippen molar-refractivity contribution in [2.24, 2.45) is 5.73 Å². The number of hydrogen-bond acceptors (Lipinski definition) is 6. The van der Waals surface area contributed by atoms with Crippen LogP contribution < -0.4 is 21.1 Å². The van der Waals surface area contributed by atoms with E-state index in [-0.39, 0.29) is 31.4 Å². The summed E-state index contributed by atoms with van der Waals surface area (Å²) in [6, 6.07) is 12.6. The molecule has 0 heterocycles. The van der Waals surface area contributed by atoms with Crippen molar-refractivity contribution in [2.45, 2.75) is 20.8 Å². The molecule has 0 aliphatic rings. The molecule has 0 saturated heterocycles.